The first-order valence-corrected chi connectivity index (χ1v) is 4.01. The van der Waals surface area contributed by atoms with Crippen LogP contribution in [0.5, 0.6) is 0 Å². The third kappa shape index (κ3) is 1.50. The molecule has 0 atom stereocenters. The third-order valence-electron chi connectivity index (χ3n) is 1.93. The van der Waals surface area contributed by atoms with Gasteiger partial charge in [0.2, 0.25) is 0 Å². The van der Waals surface area contributed by atoms with E-state index < -0.39 is 0 Å². The molecule has 0 saturated carbocycles. The van der Waals surface area contributed by atoms with E-state index in [-0.39, 0.29) is 12.0 Å². The molecule has 5 heteroatoms. The van der Waals surface area contributed by atoms with Crippen molar-refractivity contribution in [1.29, 1.82) is 0 Å². The van der Waals surface area contributed by atoms with Crippen LogP contribution >= 0.6 is 0 Å². The molecule has 0 unspecified atom stereocenters. The average molecular weight is 179 g/mol. The molecule has 1 aromatic heterocycles. The monoisotopic (exact) mass is 179 g/mol. The number of carbonyl (C=O) groups excluding carboxylic acids is 1. The molecule has 0 spiro atoms. The van der Waals surface area contributed by atoms with E-state index in [1.54, 1.807) is 0 Å². The predicted molar refractivity (Wildman–Crippen MR) is 43.9 cm³/mol. The maximum Gasteiger partial charge on any atom is 0.274 e. The lowest BCUT2D eigenvalue weighted by Gasteiger charge is -2.35. The van der Waals surface area contributed by atoms with Gasteiger partial charge >= 0.3 is 0 Å². The summed E-state index contributed by atoms with van der Waals surface area (Å²) < 4.78 is 0. The molecule has 5 nitrogen and oxygen atoms in total. The van der Waals surface area contributed by atoms with Crippen LogP contribution in [0.3, 0.4) is 0 Å². The number of aliphatic hydroxyl groups is 1. The molecule has 1 N–H and O–H groups in total. The van der Waals surface area contributed by atoms with E-state index in [4.69, 9.17) is 5.11 Å². The number of rotatable bonds is 1. The molecule has 1 saturated heterocycles. The second-order valence-electron chi connectivity index (χ2n) is 2.95. The van der Waals surface area contributed by atoms with Crippen LogP contribution in [0.2, 0.25) is 0 Å². The number of likely N-dealkylation sites (tertiary alicyclic amines) is 1. The molecule has 1 aliphatic rings. The Bertz CT molecular complexity index is 308. The van der Waals surface area contributed by atoms with E-state index in [0.29, 0.717) is 18.8 Å². The van der Waals surface area contributed by atoms with Crippen molar-refractivity contribution in [3.63, 3.8) is 0 Å². The molecule has 0 aliphatic carbocycles. The van der Waals surface area contributed by atoms with Crippen LogP contribution in [0.25, 0.3) is 0 Å². The van der Waals surface area contributed by atoms with Gasteiger partial charge in [-0.15, -0.1) is 0 Å². The molecule has 1 aliphatic heterocycles. The fourth-order valence-electron chi connectivity index (χ4n) is 1.19. The first kappa shape index (κ1) is 8.12. The van der Waals surface area contributed by atoms with Gasteiger partial charge in [0, 0.05) is 25.5 Å². The van der Waals surface area contributed by atoms with Crippen molar-refractivity contribution in [2.75, 3.05) is 13.1 Å². The largest absolute Gasteiger partial charge is 0.389 e. The van der Waals surface area contributed by atoms with Crippen LogP contribution in [-0.2, 0) is 0 Å². The van der Waals surface area contributed by atoms with E-state index in [1.165, 1.54) is 23.5 Å². The maximum atomic E-state index is 11.5. The second kappa shape index (κ2) is 3.10. The highest BCUT2D eigenvalue weighted by atomic mass is 16.3. The van der Waals surface area contributed by atoms with Gasteiger partial charge in [0.05, 0.1) is 12.3 Å². The van der Waals surface area contributed by atoms with Crippen LogP contribution in [0, 0.1) is 0 Å². The Hall–Kier alpha value is -1.49. The normalized spacial score (nSPS) is 16.8. The summed E-state index contributed by atoms with van der Waals surface area (Å²) in [5.74, 6) is -0.168. The second-order valence-corrected chi connectivity index (χ2v) is 2.95. The molecule has 1 amide bonds. The fraction of sp³-hybridized carbons (Fsp3) is 0.375. The first-order valence-electron chi connectivity index (χ1n) is 4.01. The van der Waals surface area contributed by atoms with Crippen LogP contribution in [0.4, 0.5) is 0 Å². The van der Waals surface area contributed by atoms with Crippen LogP contribution in [0.15, 0.2) is 18.6 Å². The SMILES string of the molecule is O=C(c1cnccn1)N1CC(O)C1. The standard InChI is InChI=1S/C8H9N3O2/c12-6-4-11(5-6)8(13)7-3-9-1-2-10-7/h1-3,6,12H,4-5H2. The summed E-state index contributed by atoms with van der Waals surface area (Å²) in [6, 6.07) is 0. The molecule has 13 heavy (non-hydrogen) atoms. The van der Waals surface area contributed by atoms with E-state index in [1.807, 2.05) is 0 Å². The number of aliphatic hydroxyl groups excluding tert-OH is 1. The predicted octanol–water partition coefficient (Wildman–Crippen LogP) is -0.707. The lowest BCUT2D eigenvalue weighted by Crippen LogP contribution is -2.53. The number of nitrogens with zero attached hydrogens (tertiary/aromatic N) is 3. The Morgan fingerprint density at radius 1 is 1.54 bits per heavy atom. The van der Waals surface area contributed by atoms with Gasteiger partial charge in [-0.3, -0.25) is 9.78 Å². The number of β-amino-alcohol motifs (C(OH)–C–C–N with tert-alkyl or cyclic N) is 1. The summed E-state index contributed by atoms with van der Waals surface area (Å²) in [5, 5.41) is 8.98. The quantitative estimate of drug-likeness (QED) is 0.618. The Balaban J connectivity index is 2.06. The van der Waals surface area contributed by atoms with Gasteiger partial charge in [-0.2, -0.15) is 0 Å². The van der Waals surface area contributed by atoms with Gasteiger partial charge in [0.15, 0.2) is 0 Å². The summed E-state index contributed by atoms with van der Waals surface area (Å²) >= 11 is 0. The smallest absolute Gasteiger partial charge is 0.274 e. The molecule has 1 fully saturated rings. The van der Waals surface area contributed by atoms with Crippen molar-refractivity contribution in [3.05, 3.63) is 24.3 Å². The van der Waals surface area contributed by atoms with Crippen molar-refractivity contribution in [2.45, 2.75) is 6.10 Å². The van der Waals surface area contributed by atoms with Gasteiger partial charge in [0.25, 0.3) is 5.91 Å². The summed E-state index contributed by atoms with van der Waals surface area (Å²) in [5.41, 5.74) is 0.328. The summed E-state index contributed by atoms with van der Waals surface area (Å²) in [4.78, 5) is 20.7. The van der Waals surface area contributed by atoms with Crippen molar-refractivity contribution in [1.82, 2.24) is 14.9 Å². The Morgan fingerprint density at radius 3 is 2.85 bits per heavy atom. The topological polar surface area (TPSA) is 66.3 Å². The lowest BCUT2D eigenvalue weighted by molar-refractivity contribution is 0.00547. The highest BCUT2D eigenvalue weighted by molar-refractivity contribution is 5.92. The molecule has 68 valence electrons. The number of amides is 1. The van der Waals surface area contributed by atoms with Crippen LogP contribution in [-0.4, -0.2) is 45.1 Å². The van der Waals surface area contributed by atoms with Gasteiger partial charge in [-0.25, -0.2) is 4.98 Å². The van der Waals surface area contributed by atoms with Crippen LogP contribution < -0.4 is 0 Å². The first-order chi connectivity index (χ1) is 6.27. The number of hydrogen-bond acceptors (Lipinski definition) is 4. The number of aromatic nitrogens is 2. The number of carbonyl (C=O) groups is 1. The van der Waals surface area contributed by atoms with E-state index >= 15 is 0 Å². The lowest BCUT2D eigenvalue weighted by atomic mass is 10.1. The van der Waals surface area contributed by atoms with Crippen molar-refractivity contribution < 1.29 is 9.90 Å². The molecule has 0 bridgehead atoms. The molecule has 2 rings (SSSR count). The van der Waals surface area contributed by atoms with Gasteiger partial charge in [-0.1, -0.05) is 0 Å². The molecule has 0 radical (unpaired) electrons. The van der Waals surface area contributed by atoms with Gasteiger partial charge in [-0.05, 0) is 0 Å². The zero-order valence-electron chi connectivity index (χ0n) is 6.92. The average Bonchev–Trinajstić information content (AvgIpc) is 2.13. The molecule has 2 heterocycles. The van der Waals surface area contributed by atoms with E-state index in [2.05, 4.69) is 9.97 Å². The van der Waals surface area contributed by atoms with Crippen LogP contribution in [0.1, 0.15) is 10.5 Å². The summed E-state index contributed by atoms with van der Waals surface area (Å²) in [7, 11) is 0. The van der Waals surface area contributed by atoms with Gasteiger partial charge < -0.3 is 10.0 Å². The zero-order chi connectivity index (χ0) is 9.26. The van der Waals surface area contributed by atoms with E-state index in [9.17, 15) is 4.79 Å². The minimum absolute atomic E-state index is 0.168. The third-order valence-corrected chi connectivity index (χ3v) is 1.93. The summed E-state index contributed by atoms with van der Waals surface area (Å²) in [6.45, 7) is 0.796. The molecule has 0 aromatic carbocycles. The van der Waals surface area contributed by atoms with E-state index in [0.717, 1.165) is 0 Å². The van der Waals surface area contributed by atoms with Gasteiger partial charge in [0.1, 0.15) is 5.69 Å². The molecular weight excluding hydrogens is 170 g/mol. The number of hydrogen-bond donors (Lipinski definition) is 1. The molecule has 1 aromatic rings. The Kier molecular flexibility index (Phi) is 1.94. The zero-order valence-corrected chi connectivity index (χ0v) is 6.92. The van der Waals surface area contributed by atoms with Crippen molar-refractivity contribution >= 4 is 5.91 Å². The minimum atomic E-state index is -0.374. The maximum absolute atomic E-state index is 11.5. The highest BCUT2D eigenvalue weighted by Gasteiger charge is 2.29. The fourth-order valence-corrected chi connectivity index (χ4v) is 1.19. The highest BCUT2D eigenvalue weighted by Crippen LogP contribution is 2.10. The summed E-state index contributed by atoms with van der Waals surface area (Å²) in [6.07, 6.45) is 4.04. The molecular formula is C8H9N3O2. The Morgan fingerprint density at radius 2 is 2.31 bits per heavy atom. The van der Waals surface area contributed by atoms with Crippen molar-refractivity contribution in [2.24, 2.45) is 0 Å². The Labute approximate surface area is 75.0 Å². The van der Waals surface area contributed by atoms with Crippen molar-refractivity contribution in [3.8, 4) is 0 Å². The minimum Gasteiger partial charge on any atom is -0.389 e.